The SMILES string of the molecule is O[N+](=Cc1ccccc1CCN=Nc1ccccc1)c1ccccc1. The minimum absolute atomic E-state index is 0.594. The lowest BCUT2D eigenvalue weighted by Gasteiger charge is -2.02. The molecule has 0 saturated heterocycles. The molecule has 0 fully saturated rings. The van der Waals surface area contributed by atoms with Crippen LogP contribution >= 0.6 is 0 Å². The maximum atomic E-state index is 10.3. The highest BCUT2D eigenvalue weighted by atomic mass is 16.5. The molecule has 0 bridgehead atoms. The molecule has 0 aromatic heterocycles. The average molecular weight is 330 g/mol. The number of benzene rings is 3. The minimum Gasteiger partial charge on any atom is -0.285 e. The van der Waals surface area contributed by atoms with Crippen LogP contribution in [-0.2, 0) is 6.42 Å². The van der Waals surface area contributed by atoms with Crippen molar-refractivity contribution in [2.24, 2.45) is 10.2 Å². The second-order valence-electron chi connectivity index (χ2n) is 5.56. The third kappa shape index (κ3) is 4.85. The van der Waals surface area contributed by atoms with Crippen LogP contribution in [0.1, 0.15) is 11.1 Å². The molecule has 3 aromatic carbocycles. The smallest absolute Gasteiger partial charge is 0.257 e. The number of hydrogen-bond donors (Lipinski definition) is 1. The number of rotatable bonds is 6. The van der Waals surface area contributed by atoms with Crippen molar-refractivity contribution in [2.75, 3.05) is 6.54 Å². The summed E-state index contributed by atoms with van der Waals surface area (Å²) in [7, 11) is 0. The van der Waals surface area contributed by atoms with E-state index >= 15 is 0 Å². The van der Waals surface area contributed by atoms with Gasteiger partial charge in [0, 0.05) is 22.4 Å². The van der Waals surface area contributed by atoms with Crippen molar-refractivity contribution >= 4 is 17.6 Å². The highest BCUT2D eigenvalue weighted by molar-refractivity contribution is 5.78. The van der Waals surface area contributed by atoms with E-state index in [1.807, 2.05) is 84.9 Å². The minimum atomic E-state index is 0.594. The zero-order chi connectivity index (χ0) is 17.3. The highest BCUT2D eigenvalue weighted by Gasteiger charge is 2.09. The van der Waals surface area contributed by atoms with Gasteiger partial charge in [-0.15, -0.1) is 0 Å². The molecule has 0 radical (unpaired) electrons. The summed E-state index contributed by atoms with van der Waals surface area (Å²) in [6, 6.07) is 27.1. The largest absolute Gasteiger partial charge is 0.285 e. The molecule has 3 aromatic rings. The van der Waals surface area contributed by atoms with Gasteiger partial charge >= 0.3 is 0 Å². The zero-order valence-corrected chi connectivity index (χ0v) is 13.9. The standard InChI is InChI=1S/C21H20N3O/c25-24(21-13-5-2-6-14-21)17-19-10-8-7-9-18(19)15-16-22-23-20-11-3-1-4-12-20/h1-14,17,25H,15-16H2/q+1. The van der Waals surface area contributed by atoms with Gasteiger partial charge in [0.1, 0.15) is 0 Å². The lowest BCUT2D eigenvalue weighted by atomic mass is 10.1. The third-order valence-corrected chi connectivity index (χ3v) is 3.76. The van der Waals surface area contributed by atoms with Crippen molar-refractivity contribution in [3.8, 4) is 0 Å². The third-order valence-electron chi connectivity index (χ3n) is 3.76. The second kappa shape index (κ2) is 8.55. The van der Waals surface area contributed by atoms with E-state index in [1.165, 1.54) is 0 Å². The second-order valence-corrected chi connectivity index (χ2v) is 5.56. The summed E-state index contributed by atoms with van der Waals surface area (Å²) in [6.45, 7) is 0.594. The Labute approximate surface area is 147 Å². The topological polar surface area (TPSA) is 48.0 Å². The first kappa shape index (κ1) is 16.6. The van der Waals surface area contributed by atoms with Crippen LogP contribution in [0.25, 0.3) is 0 Å². The van der Waals surface area contributed by atoms with Crippen molar-refractivity contribution in [2.45, 2.75) is 6.42 Å². The van der Waals surface area contributed by atoms with Crippen LogP contribution < -0.4 is 0 Å². The summed E-state index contributed by atoms with van der Waals surface area (Å²) in [5.41, 5.74) is 3.65. The van der Waals surface area contributed by atoms with E-state index < -0.39 is 0 Å². The fourth-order valence-corrected chi connectivity index (χ4v) is 2.47. The maximum Gasteiger partial charge on any atom is 0.257 e. The van der Waals surface area contributed by atoms with Crippen molar-refractivity contribution in [3.63, 3.8) is 0 Å². The van der Waals surface area contributed by atoms with Gasteiger partial charge in [0.15, 0.2) is 0 Å². The number of nitrogens with zero attached hydrogens (tertiary/aromatic N) is 3. The Morgan fingerprint density at radius 1 is 0.800 bits per heavy atom. The number of azo groups is 1. The molecule has 0 unspecified atom stereocenters. The Bertz CT molecular complexity index is 859. The lowest BCUT2D eigenvalue weighted by Crippen LogP contribution is -2.05. The molecule has 3 rings (SSSR count). The molecule has 1 N–H and O–H groups in total. The quantitative estimate of drug-likeness (QED) is 0.219. The number of para-hydroxylation sites is 1. The molecule has 0 amide bonds. The molecule has 0 heterocycles. The summed E-state index contributed by atoms with van der Waals surface area (Å²) in [6.07, 6.45) is 2.48. The van der Waals surface area contributed by atoms with Gasteiger partial charge in [-0.1, -0.05) is 54.6 Å². The monoisotopic (exact) mass is 330 g/mol. The van der Waals surface area contributed by atoms with Gasteiger partial charge in [-0.05, 0) is 30.2 Å². The molecule has 0 aliphatic rings. The van der Waals surface area contributed by atoms with Gasteiger partial charge in [-0.2, -0.15) is 10.2 Å². The molecular formula is C21H20N3O+. The van der Waals surface area contributed by atoms with Crippen LogP contribution in [0, 0.1) is 0 Å². The first-order valence-corrected chi connectivity index (χ1v) is 8.21. The molecule has 0 saturated carbocycles. The molecule has 0 spiro atoms. The Hall–Kier alpha value is -3.27. The first-order chi connectivity index (χ1) is 12.3. The van der Waals surface area contributed by atoms with Crippen molar-refractivity contribution in [1.82, 2.24) is 0 Å². The van der Waals surface area contributed by atoms with Gasteiger partial charge in [-0.25, -0.2) is 0 Å². The van der Waals surface area contributed by atoms with Crippen molar-refractivity contribution < 1.29 is 9.95 Å². The van der Waals surface area contributed by atoms with Crippen LogP contribution in [0.2, 0.25) is 0 Å². The van der Waals surface area contributed by atoms with E-state index in [2.05, 4.69) is 10.2 Å². The lowest BCUT2D eigenvalue weighted by molar-refractivity contribution is -0.709. The van der Waals surface area contributed by atoms with E-state index in [0.717, 1.165) is 33.7 Å². The molecule has 0 aliphatic carbocycles. The Morgan fingerprint density at radius 2 is 1.44 bits per heavy atom. The molecule has 0 aliphatic heterocycles. The van der Waals surface area contributed by atoms with Crippen LogP contribution in [0.5, 0.6) is 0 Å². The van der Waals surface area contributed by atoms with E-state index in [9.17, 15) is 5.21 Å². The molecule has 4 heteroatoms. The predicted octanol–water partition coefficient (Wildman–Crippen LogP) is 5.17. The Balaban J connectivity index is 1.70. The number of hydrogen-bond acceptors (Lipinski definition) is 3. The van der Waals surface area contributed by atoms with Crippen LogP contribution in [-0.4, -0.2) is 22.7 Å². The fraction of sp³-hybridized carbons (Fsp3) is 0.0952. The molecule has 124 valence electrons. The Morgan fingerprint density at radius 3 is 2.20 bits per heavy atom. The van der Waals surface area contributed by atoms with Crippen molar-refractivity contribution in [1.29, 1.82) is 0 Å². The van der Waals surface area contributed by atoms with Crippen LogP contribution in [0.3, 0.4) is 0 Å². The van der Waals surface area contributed by atoms with Gasteiger partial charge in [0.05, 0.1) is 12.2 Å². The Kier molecular flexibility index (Phi) is 5.67. The summed E-state index contributed by atoms with van der Waals surface area (Å²) in [5.74, 6) is 0. The zero-order valence-electron chi connectivity index (χ0n) is 13.9. The summed E-state index contributed by atoms with van der Waals surface area (Å²) in [4.78, 5) is 0. The average Bonchev–Trinajstić information content (AvgIpc) is 2.68. The summed E-state index contributed by atoms with van der Waals surface area (Å²) >= 11 is 0. The van der Waals surface area contributed by atoms with Gasteiger partial charge in [0.25, 0.3) is 5.69 Å². The van der Waals surface area contributed by atoms with E-state index in [-0.39, 0.29) is 0 Å². The van der Waals surface area contributed by atoms with Gasteiger partial charge < -0.3 is 0 Å². The van der Waals surface area contributed by atoms with Crippen molar-refractivity contribution in [3.05, 3.63) is 96.1 Å². The van der Waals surface area contributed by atoms with Crippen LogP contribution in [0.15, 0.2) is 95.2 Å². The van der Waals surface area contributed by atoms with Gasteiger partial charge in [-0.3, -0.25) is 5.21 Å². The molecule has 4 nitrogen and oxygen atoms in total. The van der Waals surface area contributed by atoms with Gasteiger partial charge in [0.2, 0.25) is 6.21 Å². The summed E-state index contributed by atoms with van der Waals surface area (Å²) in [5, 5.41) is 18.7. The normalized spacial score (nSPS) is 11.8. The first-order valence-electron chi connectivity index (χ1n) is 8.21. The molecule has 25 heavy (non-hydrogen) atoms. The van der Waals surface area contributed by atoms with E-state index in [0.29, 0.717) is 6.54 Å². The van der Waals surface area contributed by atoms with Crippen LogP contribution in [0.4, 0.5) is 11.4 Å². The van der Waals surface area contributed by atoms with E-state index in [4.69, 9.17) is 0 Å². The van der Waals surface area contributed by atoms with E-state index in [1.54, 1.807) is 6.21 Å². The molecular weight excluding hydrogens is 310 g/mol. The predicted molar refractivity (Wildman–Crippen MR) is 99.3 cm³/mol. The molecule has 0 atom stereocenters. The summed E-state index contributed by atoms with van der Waals surface area (Å²) < 4.78 is 1.14. The highest BCUT2D eigenvalue weighted by Crippen LogP contribution is 2.13. The fourth-order valence-electron chi connectivity index (χ4n) is 2.47. The maximum absolute atomic E-state index is 10.3.